The van der Waals surface area contributed by atoms with E-state index in [9.17, 15) is 0 Å². The largest absolute Gasteiger partial charge is 0.381 e. The lowest BCUT2D eigenvalue weighted by Gasteiger charge is -2.11. The SMILES string of the molecule is CCNC(=NCCCOCCc1ccccc1)NCCc1ccc(Cl)nc1. The van der Waals surface area contributed by atoms with E-state index in [2.05, 4.69) is 51.8 Å². The van der Waals surface area contributed by atoms with E-state index >= 15 is 0 Å². The molecule has 0 aliphatic heterocycles. The maximum Gasteiger partial charge on any atom is 0.191 e. The van der Waals surface area contributed by atoms with E-state index < -0.39 is 0 Å². The molecule has 2 N–H and O–H groups in total. The zero-order valence-corrected chi connectivity index (χ0v) is 16.7. The zero-order valence-electron chi connectivity index (χ0n) is 16.0. The number of nitrogens with one attached hydrogen (secondary N) is 2. The summed E-state index contributed by atoms with van der Waals surface area (Å²) in [5, 5.41) is 7.13. The molecule has 0 fully saturated rings. The fourth-order valence-electron chi connectivity index (χ4n) is 2.52. The minimum absolute atomic E-state index is 0.521. The van der Waals surface area contributed by atoms with Gasteiger partial charge in [-0.15, -0.1) is 0 Å². The normalized spacial score (nSPS) is 11.4. The molecule has 1 aromatic carbocycles. The van der Waals surface area contributed by atoms with Crippen molar-refractivity contribution in [3.63, 3.8) is 0 Å². The molecule has 146 valence electrons. The standard InChI is InChI=1S/C21H29ClN4O/c1-2-23-21(25-14-11-19-9-10-20(22)26-17-19)24-13-6-15-27-16-12-18-7-4-3-5-8-18/h3-5,7-10,17H,2,6,11-16H2,1H3,(H2,23,24,25). The van der Waals surface area contributed by atoms with Gasteiger partial charge < -0.3 is 15.4 Å². The highest BCUT2D eigenvalue weighted by Crippen LogP contribution is 2.05. The lowest BCUT2D eigenvalue weighted by molar-refractivity contribution is 0.136. The van der Waals surface area contributed by atoms with Crippen LogP contribution in [0.25, 0.3) is 0 Å². The summed E-state index contributed by atoms with van der Waals surface area (Å²) in [6.07, 6.45) is 4.54. The average Bonchev–Trinajstić information content (AvgIpc) is 2.69. The molecular weight excluding hydrogens is 360 g/mol. The van der Waals surface area contributed by atoms with Gasteiger partial charge in [-0.25, -0.2) is 4.98 Å². The number of benzene rings is 1. The molecule has 0 spiro atoms. The van der Waals surface area contributed by atoms with Crippen molar-refractivity contribution < 1.29 is 4.74 Å². The number of hydrogen-bond acceptors (Lipinski definition) is 3. The van der Waals surface area contributed by atoms with Crippen LogP contribution in [0.5, 0.6) is 0 Å². The van der Waals surface area contributed by atoms with Crippen LogP contribution in [-0.2, 0) is 17.6 Å². The number of guanidine groups is 1. The van der Waals surface area contributed by atoms with Crippen LogP contribution >= 0.6 is 11.6 Å². The molecular formula is C21H29ClN4O. The summed E-state index contributed by atoms with van der Waals surface area (Å²) >= 11 is 5.81. The molecule has 1 aromatic heterocycles. The van der Waals surface area contributed by atoms with Crippen LogP contribution in [0.2, 0.25) is 5.15 Å². The van der Waals surface area contributed by atoms with Gasteiger partial charge in [-0.2, -0.15) is 0 Å². The summed E-state index contributed by atoms with van der Waals surface area (Å²) in [4.78, 5) is 8.69. The molecule has 0 saturated carbocycles. The van der Waals surface area contributed by atoms with E-state index in [-0.39, 0.29) is 0 Å². The van der Waals surface area contributed by atoms with Crippen LogP contribution in [0.4, 0.5) is 0 Å². The summed E-state index contributed by atoms with van der Waals surface area (Å²) in [5.41, 5.74) is 2.46. The Labute approximate surface area is 167 Å². The Balaban J connectivity index is 1.59. The Hall–Kier alpha value is -2.11. The van der Waals surface area contributed by atoms with Crippen molar-refractivity contribution in [3.8, 4) is 0 Å². The first-order valence-electron chi connectivity index (χ1n) is 9.52. The van der Waals surface area contributed by atoms with Gasteiger partial charge in [0.1, 0.15) is 5.15 Å². The van der Waals surface area contributed by atoms with Crippen molar-refractivity contribution in [2.24, 2.45) is 4.99 Å². The lowest BCUT2D eigenvalue weighted by Crippen LogP contribution is -2.38. The highest BCUT2D eigenvalue weighted by molar-refractivity contribution is 6.29. The van der Waals surface area contributed by atoms with E-state index in [1.165, 1.54) is 5.56 Å². The predicted octanol–water partition coefficient (Wildman–Crippen LogP) is 3.48. The van der Waals surface area contributed by atoms with Crippen molar-refractivity contribution in [1.29, 1.82) is 0 Å². The van der Waals surface area contributed by atoms with Gasteiger partial charge in [0, 0.05) is 32.4 Å². The minimum atomic E-state index is 0.521. The van der Waals surface area contributed by atoms with Gasteiger partial charge in [-0.1, -0.05) is 48.0 Å². The minimum Gasteiger partial charge on any atom is -0.381 e. The van der Waals surface area contributed by atoms with Crippen LogP contribution in [0.15, 0.2) is 53.7 Å². The quantitative estimate of drug-likeness (QED) is 0.268. The maximum absolute atomic E-state index is 5.81. The smallest absolute Gasteiger partial charge is 0.191 e. The van der Waals surface area contributed by atoms with Gasteiger partial charge in [-0.05, 0) is 43.4 Å². The van der Waals surface area contributed by atoms with Gasteiger partial charge in [0.2, 0.25) is 0 Å². The van der Waals surface area contributed by atoms with Crippen molar-refractivity contribution in [2.45, 2.75) is 26.2 Å². The van der Waals surface area contributed by atoms with Crippen LogP contribution in [-0.4, -0.2) is 43.8 Å². The molecule has 0 radical (unpaired) electrons. The Morgan fingerprint density at radius 3 is 2.63 bits per heavy atom. The molecule has 0 atom stereocenters. The van der Waals surface area contributed by atoms with Crippen LogP contribution in [0.3, 0.4) is 0 Å². The summed E-state index contributed by atoms with van der Waals surface area (Å²) in [7, 11) is 0. The van der Waals surface area contributed by atoms with Crippen molar-refractivity contribution in [3.05, 3.63) is 64.9 Å². The van der Waals surface area contributed by atoms with E-state index in [0.29, 0.717) is 5.15 Å². The average molecular weight is 389 g/mol. The Kier molecular flexibility index (Phi) is 10.3. The predicted molar refractivity (Wildman–Crippen MR) is 113 cm³/mol. The van der Waals surface area contributed by atoms with Crippen LogP contribution < -0.4 is 10.6 Å². The van der Waals surface area contributed by atoms with E-state index in [4.69, 9.17) is 16.3 Å². The number of halogens is 1. The summed E-state index contributed by atoms with van der Waals surface area (Å²) in [5.74, 6) is 0.837. The summed E-state index contributed by atoms with van der Waals surface area (Å²) in [6, 6.07) is 14.2. The third-order valence-electron chi connectivity index (χ3n) is 3.93. The second kappa shape index (κ2) is 13.1. The molecule has 27 heavy (non-hydrogen) atoms. The second-order valence-corrected chi connectivity index (χ2v) is 6.52. The number of rotatable bonds is 11. The zero-order chi connectivity index (χ0) is 19.2. The number of pyridine rings is 1. The van der Waals surface area contributed by atoms with Crippen LogP contribution in [0, 0.1) is 0 Å². The van der Waals surface area contributed by atoms with Gasteiger partial charge in [0.25, 0.3) is 0 Å². The third-order valence-corrected chi connectivity index (χ3v) is 4.16. The second-order valence-electron chi connectivity index (χ2n) is 6.13. The lowest BCUT2D eigenvalue weighted by atomic mass is 10.2. The van der Waals surface area contributed by atoms with Gasteiger partial charge in [0.05, 0.1) is 6.61 Å². The summed E-state index contributed by atoms with van der Waals surface area (Å²) in [6.45, 7) is 5.91. The van der Waals surface area contributed by atoms with Gasteiger partial charge in [-0.3, -0.25) is 4.99 Å². The molecule has 6 heteroatoms. The molecule has 2 aromatic rings. The fourth-order valence-corrected chi connectivity index (χ4v) is 2.63. The van der Waals surface area contributed by atoms with Gasteiger partial charge >= 0.3 is 0 Å². The highest BCUT2D eigenvalue weighted by Gasteiger charge is 1.99. The monoisotopic (exact) mass is 388 g/mol. The van der Waals surface area contributed by atoms with Gasteiger partial charge in [0.15, 0.2) is 5.96 Å². The number of aliphatic imine (C=N–C) groups is 1. The molecule has 1 heterocycles. The number of nitrogens with zero attached hydrogens (tertiary/aromatic N) is 2. The first kappa shape index (κ1) is 21.2. The van der Waals surface area contributed by atoms with E-state index in [1.54, 1.807) is 6.20 Å². The maximum atomic E-state index is 5.81. The van der Waals surface area contributed by atoms with Crippen molar-refractivity contribution >= 4 is 17.6 Å². The Morgan fingerprint density at radius 2 is 1.89 bits per heavy atom. The topological polar surface area (TPSA) is 58.5 Å². The van der Waals surface area contributed by atoms with Crippen molar-refractivity contribution in [1.82, 2.24) is 15.6 Å². The number of hydrogen-bond donors (Lipinski definition) is 2. The molecule has 0 saturated heterocycles. The van der Waals surface area contributed by atoms with E-state index in [0.717, 1.165) is 63.6 Å². The Bertz CT molecular complexity index is 662. The van der Waals surface area contributed by atoms with Crippen molar-refractivity contribution in [2.75, 3.05) is 32.8 Å². The molecule has 0 bridgehead atoms. The molecule has 0 amide bonds. The first-order chi connectivity index (χ1) is 13.3. The number of aromatic nitrogens is 1. The highest BCUT2D eigenvalue weighted by atomic mass is 35.5. The molecule has 2 rings (SSSR count). The molecule has 0 aliphatic carbocycles. The molecule has 5 nitrogen and oxygen atoms in total. The van der Waals surface area contributed by atoms with E-state index in [1.807, 2.05) is 18.2 Å². The Morgan fingerprint density at radius 1 is 1.04 bits per heavy atom. The number of ether oxygens (including phenoxy) is 1. The first-order valence-corrected chi connectivity index (χ1v) is 9.90. The summed E-state index contributed by atoms with van der Waals surface area (Å²) < 4.78 is 5.70. The third kappa shape index (κ3) is 9.40. The molecule has 0 unspecified atom stereocenters. The molecule has 0 aliphatic rings. The fraction of sp³-hybridized carbons (Fsp3) is 0.429. The van der Waals surface area contributed by atoms with Crippen LogP contribution in [0.1, 0.15) is 24.5 Å².